The Balaban J connectivity index is 1.92. The van der Waals surface area contributed by atoms with Crippen molar-refractivity contribution in [3.05, 3.63) is 35.4 Å². The van der Waals surface area contributed by atoms with Gasteiger partial charge in [0, 0.05) is 5.56 Å². The average Bonchev–Trinajstić information content (AvgIpc) is 2.88. The maximum absolute atomic E-state index is 12.0. The first-order chi connectivity index (χ1) is 8.97. The van der Waals surface area contributed by atoms with Gasteiger partial charge in [-0.2, -0.15) is 0 Å². The van der Waals surface area contributed by atoms with Crippen molar-refractivity contribution >= 4 is 5.91 Å². The van der Waals surface area contributed by atoms with Crippen LogP contribution in [0.2, 0.25) is 0 Å². The number of carbonyl (C=O) groups is 1. The van der Waals surface area contributed by atoms with Gasteiger partial charge in [-0.15, -0.1) is 0 Å². The highest BCUT2D eigenvalue weighted by atomic mass is 16.1. The molecule has 0 aromatic heterocycles. The van der Waals surface area contributed by atoms with Crippen molar-refractivity contribution in [3.8, 4) is 0 Å². The molecule has 3 nitrogen and oxygen atoms in total. The van der Waals surface area contributed by atoms with Gasteiger partial charge >= 0.3 is 0 Å². The van der Waals surface area contributed by atoms with Crippen molar-refractivity contribution < 1.29 is 4.79 Å². The third-order valence-electron chi connectivity index (χ3n) is 3.68. The summed E-state index contributed by atoms with van der Waals surface area (Å²) < 4.78 is 0. The molecule has 3 heteroatoms. The van der Waals surface area contributed by atoms with E-state index in [0.717, 1.165) is 18.7 Å². The maximum Gasteiger partial charge on any atom is 0.252 e. The van der Waals surface area contributed by atoms with E-state index in [2.05, 4.69) is 31.0 Å². The standard InChI is InChI=1S/C16H24N2O/c1-16(2,3)14-8-6-13(7-9-14)15(19)17-12-18-10-4-5-11-18/h6-9H,4-5,10-12H2,1-3H3,(H,17,19). The van der Waals surface area contributed by atoms with Crippen LogP contribution in [-0.4, -0.2) is 30.6 Å². The summed E-state index contributed by atoms with van der Waals surface area (Å²) in [5.74, 6) is 0.0207. The second kappa shape index (κ2) is 5.74. The zero-order valence-electron chi connectivity index (χ0n) is 12.2. The lowest BCUT2D eigenvalue weighted by atomic mass is 9.87. The van der Waals surface area contributed by atoms with Gasteiger partial charge in [0.1, 0.15) is 0 Å². The van der Waals surface area contributed by atoms with Gasteiger partial charge in [0.25, 0.3) is 5.91 Å². The van der Waals surface area contributed by atoms with Gasteiger partial charge < -0.3 is 5.32 Å². The minimum Gasteiger partial charge on any atom is -0.339 e. The molecule has 19 heavy (non-hydrogen) atoms. The van der Waals surface area contributed by atoms with Crippen LogP contribution >= 0.6 is 0 Å². The quantitative estimate of drug-likeness (QED) is 0.906. The van der Waals surface area contributed by atoms with E-state index in [0.29, 0.717) is 6.67 Å². The summed E-state index contributed by atoms with van der Waals surface area (Å²) in [6.45, 7) is 9.40. The summed E-state index contributed by atoms with van der Waals surface area (Å²) >= 11 is 0. The molecule has 1 heterocycles. The van der Waals surface area contributed by atoms with Crippen molar-refractivity contribution in [2.45, 2.75) is 39.0 Å². The monoisotopic (exact) mass is 260 g/mol. The molecule has 0 spiro atoms. The Kier molecular flexibility index (Phi) is 4.25. The van der Waals surface area contributed by atoms with Crippen molar-refractivity contribution in [1.82, 2.24) is 10.2 Å². The summed E-state index contributed by atoms with van der Waals surface area (Å²) in [7, 11) is 0. The number of amides is 1. The first-order valence-electron chi connectivity index (χ1n) is 7.08. The fourth-order valence-electron chi connectivity index (χ4n) is 2.35. The second-order valence-corrected chi connectivity index (χ2v) is 6.32. The molecule has 2 rings (SSSR count). The van der Waals surface area contributed by atoms with E-state index in [-0.39, 0.29) is 11.3 Å². The summed E-state index contributed by atoms with van der Waals surface area (Å²) in [4.78, 5) is 14.3. The van der Waals surface area contributed by atoms with Gasteiger partial charge in [-0.1, -0.05) is 32.9 Å². The van der Waals surface area contributed by atoms with E-state index in [1.807, 2.05) is 24.3 Å². The van der Waals surface area contributed by atoms with E-state index < -0.39 is 0 Å². The average molecular weight is 260 g/mol. The lowest BCUT2D eigenvalue weighted by molar-refractivity contribution is 0.0929. The molecule has 0 bridgehead atoms. The number of nitrogens with zero attached hydrogens (tertiary/aromatic N) is 1. The Bertz CT molecular complexity index is 425. The Morgan fingerprint density at radius 2 is 1.74 bits per heavy atom. The number of rotatable bonds is 3. The SMILES string of the molecule is CC(C)(C)c1ccc(C(=O)NCN2CCCC2)cc1. The van der Waals surface area contributed by atoms with Crippen LogP contribution in [0, 0.1) is 0 Å². The molecule has 1 saturated heterocycles. The maximum atomic E-state index is 12.0. The molecule has 0 atom stereocenters. The molecule has 1 aromatic rings. The van der Waals surface area contributed by atoms with Gasteiger partial charge in [0.05, 0.1) is 6.67 Å². The zero-order chi connectivity index (χ0) is 13.9. The Hall–Kier alpha value is -1.35. The third-order valence-corrected chi connectivity index (χ3v) is 3.68. The molecule has 0 saturated carbocycles. The number of benzene rings is 1. The molecule has 1 fully saturated rings. The number of hydrogen-bond donors (Lipinski definition) is 1. The molecule has 104 valence electrons. The minimum atomic E-state index is 0.0207. The van der Waals surface area contributed by atoms with Crippen molar-refractivity contribution in [2.75, 3.05) is 19.8 Å². The van der Waals surface area contributed by atoms with E-state index in [1.54, 1.807) is 0 Å². The lowest BCUT2D eigenvalue weighted by Crippen LogP contribution is -2.35. The third kappa shape index (κ3) is 3.80. The molecule has 1 aliphatic rings. The van der Waals surface area contributed by atoms with Crippen LogP contribution in [0.25, 0.3) is 0 Å². The molecule has 0 radical (unpaired) electrons. The van der Waals surface area contributed by atoms with Gasteiger partial charge in [0.2, 0.25) is 0 Å². The summed E-state index contributed by atoms with van der Waals surface area (Å²) in [5.41, 5.74) is 2.13. The van der Waals surface area contributed by atoms with Crippen molar-refractivity contribution in [1.29, 1.82) is 0 Å². The second-order valence-electron chi connectivity index (χ2n) is 6.32. The summed E-state index contributed by atoms with van der Waals surface area (Å²) in [6, 6.07) is 7.93. The van der Waals surface area contributed by atoms with Gasteiger partial charge in [-0.25, -0.2) is 0 Å². The first-order valence-corrected chi connectivity index (χ1v) is 7.08. The predicted octanol–water partition coefficient (Wildman–Crippen LogP) is 2.77. The van der Waals surface area contributed by atoms with Crippen molar-refractivity contribution in [3.63, 3.8) is 0 Å². The molecular formula is C16H24N2O. The summed E-state index contributed by atoms with van der Waals surface area (Å²) in [5, 5.41) is 2.99. The molecule has 1 aliphatic heterocycles. The fraction of sp³-hybridized carbons (Fsp3) is 0.562. The smallest absolute Gasteiger partial charge is 0.252 e. The van der Waals surface area contributed by atoms with Gasteiger partial charge in [-0.05, 0) is 49.0 Å². The van der Waals surface area contributed by atoms with Crippen molar-refractivity contribution in [2.24, 2.45) is 0 Å². The van der Waals surface area contributed by atoms with Crippen LogP contribution in [0.15, 0.2) is 24.3 Å². The van der Waals surface area contributed by atoms with Crippen LogP contribution in [-0.2, 0) is 5.41 Å². The number of likely N-dealkylation sites (tertiary alicyclic amines) is 1. The number of nitrogens with one attached hydrogen (secondary N) is 1. The zero-order valence-corrected chi connectivity index (χ0v) is 12.2. The minimum absolute atomic E-state index is 0.0207. The van der Waals surface area contributed by atoms with E-state index in [9.17, 15) is 4.79 Å². The van der Waals surface area contributed by atoms with E-state index >= 15 is 0 Å². The van der Waals surface area contributed by atoms with E-state index in [1.165, 1.54) is 18.4 Å². The molecule has 0 unspecified atom stereocenters. The normalized spacial score (nSPS) is 16.6. The summed E-state index contributed by atoms with van der Waals surface area (Å²) in [6.07, 6.45) is 2.49. The predicted molar refractivity (Wildman–Crippen MR) is 78.3 cm³/mol. The highest BCUT2D eigenvalue weighted by Crippen LogP contribution is 2.22. The van der Waals surface area contributed by atoms with Crippen LogP contribution < -0.4 is 5.32 Å². The van der Waals surface area contributed by atoms with Crippen LogP contribution in [0.5, 0.6) is 0 Å². The van der Waals surface area contributed by atoms with E-state index in [4.69, 9.17) is 0 Å². The van der Waals surface area contributed by atoms with Crippen LogP contribution in [0.1, 0.15) is 49.5 Å². The van der Waals surface area contributed by atoms with Gasteiger partial charge in [-0.3, -0.25) is 9.69 Å². The lowest BCUT2D eigenvalue weighted by Gasteiger charge is -2.19. The highest BCUT2D eigenvalue weighted by molar-refractivity contribution is 5.94. The first kappa shape index (κ1) is 14.1. The molecule has 1 N–H and O–H groups in total. The molecule has 1 amide bonds. The molecule has 1 aromatic carbocycles. The van der Waals surface area contributed by atoms with Crippen LogP contribution in [0.3, 0.4) is 0 Å². The Morgan fingerprint density at radius 3 is 2.26 bits per heavy atom. The Labute approximate surface area is 116 Å². The molecule has 0 aliphatic carbocycles. The largest absolute Gasteiger partial charge is 0.339 e. The fourth-order valence-corrected chi connectivity index (χ4v) is 2.35. The van der Waals surface area contributed by atoms with Gasteiger partial charge in [0.15, 0.2) is 0 Å². The number of carbonyl (C=O) groups excluding carboxylic acids is 1. The highest BCUT2D eigenvalue weighted by Gasteiger charge is 2.15. The molecular weight excluding hydrogens is 236 g/mol. The topological polar surface area (TPSA) is 32.3 Å². The number of hydrogen-bond acceptors (Lipinski definition) is 2. The Morgan fingerprint density at radius 1 is 1.16 bits per heavy atom. The van der Waals surface area contributed by atoms with Crippen LogP contribution in [0.4, 0.5) is 0 Å².